The number of rotatable bonds is 9. The van der Waals surface area contributed by atoms with Crippen LogP contribution in [0.3, 0.4) is 0 Å². The fraction of sp³-hybridized carbons (Fsp3) is 0.594. The Hall–Kier alpha value is -3.65. The lowest BCUT2D eigenvalue weighted by molar-refractivity contribution is -0.196. The van der Waals surface area contributed by atoms with Gasteiger partial charge < -0.3 is 28.8 Å². The van der Waals surface area contributed by atoms with Crippen LogP contribution in [0, 0.1) is 0 Å². The molecule has 13 heteroatoms. The maximum Gasteiger partial charge on any atom is 0.416 e. The Labute approximate surface area is 261 Å². The molecule has 2 aliphatic heterocycles. The third-order valence-corrected chi connectivity index (χ3v) is 8.26. The predicted molar refractivity (Wildman–Crippen MR) is 161 cm³/mol. The molecular formula is C32H41N5O8. The summed E-state index contributed by atoms with van der Waals surface area (Å²) in [6.45, 7) is 9.13. The van der Waals surface area contributed by atoms with Crippen molar-refractivity contribution >= 4 is 23.5 Å². The number of ether oxygens (including phenoxy) is 5. The first-order chi connectivity index (χ1) is 21.4. The highest BCUT2D eigenvalue weighted by molar-refractivity contribution is 5.91. The molecule has 1 saturated carbocycles. The second kappa shape index (κ2) is 12.3. The number of carbonyl (C=O) groups excluding carboxylic acids is 1. The van der Waals surface area contributed by atoms with Crippen molar-refractivity contribution in [3.05, 3.63) is 54.1 Å². The first-order valence-electron chi connectivity index (χ1n) is 15.5. The van der Waals surface area contributed by atoms with Crippen LogP contribution in [0.15, 0.2) is 42.9 Å². The van der Waals surface area contributed by atoms with Gasteiger partial charge in [-0.1, -0.05) is 43.2 Å². The van der Waals surface area contributed by atoms with Gasteiger partial charge in [0.25, 0.3) is 0 Å². The van der Waals surface area contributed by atoms with E-state index in [0.29, 0.717) is 17.2 Å². The van der Waals surface area contributed by atoms with E-state index in [1.807, 2.05) is 65.0 Å². The molecule has 2 saturated heterocycles. The summed E-state index contributed by atoms with van der Waals surface area (Å²) >= 11 is 0. The Morgan fingerprint density at radius 2 is 1.82 bits per heavy atom. The number of hydrogen-bond donors (Lipinski definition) is 1. The van der Waals surface area contributed by atoms with Crippen LogP contribution in [-0.4, -0.2) is 85.2 Å². The Balaban J connectivity index is 1.28. The summed E-state index contributed by atoms with van der Waals surface area (Å²) in [5, 5.41) is 14.4. The van der Waals surface area contributed by atoms with Crippen molar-refractivity contribution in [2.45, 2.75) is 115 Å². The van der Waals surface area contributed by atoms with Gasteiger partial charge in [0.2, 0.25) is 0 Å². The number of carbonyl (C=O) groups is 2. The number of aliphatic carboxylic acids is 1. The first-order valence-corrected chi connectivity index (χ1v) is 15.5. The van der Waals surface area contributed by atoms with Gasteiger partial charge in [-0.05, 0) is 53.0 Å². The van der Waals surface area contributed by atoms with Gasteiger partial charge in [0.05, 0.1) is 18.5 Å². The average molecular weight is 624 g/mol. The molecule has 3 fully saturated rings. The molecule has 45 heavy (non-hydrogen) atoms. The van der Waals surface area contributed by atoms with Crippen LogP contribution in [0.25, 0.3) is 5.65 Å². The summed E-state index contributed by atoms with van der Waals surface area (Å²) in [6.07, 6.45) is 3.04. The zero-order valence-electron chi connectivity index (χ0n) is 26.3. The number of hydrogen-bond acceptors (Lipinski definition) is 10. The van der Waals surface area contributed by atoms with Crippen LogP contribution in [0.5, 0.6) is 0 Å². The zero-order chi connectivity index (χ0) is 31.9. The van der Waals surface area contributed by atoms with Gasteiger partial charge in [-0.2, -0.15) is 5.10 Å². The molecule has 0 spiro atoms. The first kappa shape index (κ1) is 31.3. The van der Waals surface area contributed by atoms with Crippen molar-refractivity contribution in [1.29, 1.82) is 0 Å². The second-order valence-electron chi connectivity index (χ2n) is 13.3. The highest BCUT2D eigenvalue weighted by Gasteiger charge is 2.56. The zero-order valence-corrected chi connectivity index (χ0v) is 26.3. The van der Waals surface area contributed by atoms with Gasteiger partial charge in [0.1, 0.15) is 36.3 Å². The molecule has 5 atom stereocenters. The SMILES string of the molecule is CC(C)(C)OC(=O)N(c1ncnn2c([C@@H]3O[C@H](COC(Cc4ccccc4)C(=O)O)[C@H]4OC(C)(C)O[C@H]43)cnc12)C1CCCC1. The fourth-order valence-electron chi connectivity index (χ4n) is 6.38. The van der Waals surface area contributed by atoms with Crippen LogP contribution < -0.4 is 4.90 Å². The van der Waals surface area contributed by atoms with Gasteiger partial charge >= 0.3 is 12.1 Å². The number of carboxylic acid groups (broad SMARTS) is 1. The number of anilines is 1. The van der Waals surface area contributed by atoms with E-state index < -0.39 is 54.0 Å². The molecule has 1 N–H and O–H groups in total. The minimum absolute atomic E-state index is 0.0218. The minimum atomic E-state index is -1.07. The molecule has 3 aromatic rings. The van der Waals surface area contributed by atoms with Gasteiger partial charge in [0, 0.05) is 12.5 Å². The Kier molecular flexibility index (Phi) is 8.55. The van der Waals surface area contributed by atoms with Crippen molar-refractivity contribution in [1.82, 2.24) is 19.6 Å². The molecule has 13 nitrogen and oxygen atoms in total. The van der Waals surface area contributed by atoms with E-state index in [2.05, 4.69) is 15.1 Å². The van der Waals surface area contributed by atoms with Gasteiger partial charge in [-0.25, -0.2) is 24.1 Å². The van der Waals surface area contributed by atoms with E-state index >= 15 is 0 Å². The van der Waals surface area contributed by atoms with E-state index in [-0.39, 0.29) is 19.1 Å². The van der Waals surface area contributed by atoms with E-state index in [1.54, 1.807) is 15.6 Å². The van der Waals surface area contributed by atoms with Gasteiger partial charge in [-0.3, -0.25) is 4.90 Å². The van der Waals surface area contributed by atoms with Crippen molar-refractivity contribution in [3.8, 4) is 0 Å². The van der Waals surface area contributed by atoms with Crippen molar-refractivity contribution < 1.29 is 38.4 Å². The molecule has 242 valence electrons. The molecule has 0 bridgehead atoms. The lowest BCUT2D eigenvalue weighted by Crippen LogP contribution is -2.43. The molecule has 1 aromatic carbocycles. The number of nitrogens with zero attached hydrogens (tertiary/aromatic N) is 5. The predicted octanol–water partition coefficient (Wildman–Crippen LogP) is 4.48. The molecule has 1 unspecified atom stereocenters. The highest BCUT2D eigenvalue weighted by Crippen LogP contribution is 2.45. The highest BCUT2D eigenvalue weighted by atomic mass is 16.8. The van der Waals surface area contributed by atoms with E-state index in [0.717, 1.165) is 31.2 Å². The summed E-state index contributed by atoms with van der Waals surface area (Å²) in [5.74, 6) is -1.60. The molecule has 3 aliphatic rings. The van der Waals surface area contributed by atoms with Crippen LogP contribution in [0.1, 0.15) is 77.7 Å². The molecule has 1 amide bonds. The van der Waals surface area contributed by atoms with E-state index in [1.165, 1.54) is 6.33 Å². The van der Waals surface area contributed by atoms with Crippen LogP contribution in [0.4, 0.5) is 10.6 Å². The van der Waals surface area contributed by atoms with Crippen LogP contribution in [-0.2, 0) is 34.9 Å². The normalized spacial score (nSPS) is 25.4. The Morgan fingerprint density at radius 1 is 1.11 bits per heavy atom. The molecule has 0 radical (unpaired) electrons. The largest absolute Gasteiger partial charge is 0.479 e. The summed E-state index contributed by atoms with van der Waals surface area (Å²) in [5.41, 5.74) is 1.14. The second-order valence-corrected chi connectivity index (χ2v) is 13.3. The average Bonchev–Trinajstić information content (AvgIpc) is 3.75. The number of carboxylic acids is 1. The molecule has 4 heterocycles. The summed E-state index contributed by atoms with van der Waals surface area (Å²) < 4.78 is 32.3. The smallest absolute Gasteiger partial charge is 0.416 e. The van der Waals surface area contributed by atoms with Crippen molar-refractivity contribution in [3.63, 3.8) is 0 Å². The van der Waals surface area contributed by atoms with E-state index in [4.69, 9.17) is 23.7 Å². The third-order valence-electron chi connectivity index (χ3n) is 8.26. The Bertz CT molecular complexity index is 1520. The summed E-state index contributed by atoms with van der Waals surface area (Å²) in [6, 6.07) is 9.26. The number of amides is 1. The minimum Gasteiger partial charge on any atom is -0.479 e. The summed E-state index contributed by atoms with van der Waals surface area (Å²) in [7, 11) is 0. The Morgan fingerprint density at radius 3 is 2.51 bits per heavy atom. The third kappa shape index (κ3) is 6.67. The quantitative estimate of drug-likeness (QED) is 0.360. The topological polar surface area (TPSA) is 147 Å². The molecule has 6 rings (SSSR count). The van der Waals surface area contributed by atoms with Crippen molar-refractivity contribution in [2.75, 3.05) is 11.5 Å². The fourth-order valence-corrected chi connectivity index (χ4v) is 6.38. The maximum absolute atomic E-state index is 13.5. The number of imidazole rings is 1. The van der Waals surface area contributed by atoms with Gasteiger partial charge in [0.15, 0.2) is 23.4 Å². The van der Waals surface area contributed by atoms with Crippen LogP contribution in [0.2, 0.25) is 0 Å². The molecule has 1 aliphatic carbocycles. The molecular weight excluding hydrogens is 582 g/mol. The number of benzene rings is 1. The number of aromatic nitrogens is 4. The molecule has 2 aromatic heterocycles. The van der Waals surface area contributed by atoms with Gasteiger partial charge in [-0.15, -0.1) is 0 Å². The van der Waals surface area contributed by atoms with Crippen molar-refractivity contribution in [2.24, 2.45) is 0 Å². The number of fused-ring (bicyclic) bond motifs is 2. The maximum atomic E-state index is 13.5. The standard InChI is InChI=1S/C32H41N5O8/c1-31(2,3)45-30(40)36(20-13-9-10-14-20)27-28-33-16-21(37(28)35-18-34-27)24-26-25(43-32(4,5)44-26)23(42-24)17-41-22(29(38)39)15-19-11-7-6-8-12-19/h6-8,11-12,16,18,20,22-26H,9-10,13-15,17H2,1-5H3,(H,38,39)/t22?,23-,24+,25-,26+/m1/s1. The monoisotopic (exact) mass is 623 g/mol. The lowest BCUT2D eigenvalue weighted by Gasteiger charge is -2.30. The summed E-state index contributed by atoms with van der Waals surface area (Å²) in [4.78, 5) is 36.3. The van der Waals surface area contributed by atoms with E-state index in [9.17, 15) is 14.7 Å². The van der Waals surface area contributed by atoms with Crippen LogP contribution >= 0.6 is 0 Å². The lowest BCUT2D eigenvalue weighted by atomic mass is 10.1.